The number of allylic oxidation sites excluding steroid dienone is 8. The molecular weight excluding hydrogens is 1000 g/mol. The molecule has 2 unspecified atom stereocenters. The molecule has 0 spiro atoms. The van der Waals surface area contributed by atoms with Gasteiger partial charge in [0.25, 0.3) is 0 Å². The highest BCUT2D eigenvalue weighted by Crippen LogP contribution is 2.64. The lowest BCUT2D eigenvalue weighted by Crippen LogP contribution is -2.41. The van der Waals surface area contributed by atoms with E-state index in [1.807, 2.05) is 0 Å². The molecule has 16 rings (SSSR count). The quantitative estimate of drug-likeness (QED) is 0.121. The predicted octanol–water partition coefficient (Wildman–Crippen LogP) is 20.6. The van der Waals surface area contributed by atoms with Crippen molar-refractivity contribution in [1.82, 2.24) is 4.57 Å². The van der Waals surface area contributed by atoms with E-state index in [0.29, 0.717) is 5.92 Å². The van der Waals surface area contributed by atoms with Gasteiger partial charge in [-0.25, -0.2) is 0 Å². The van der Waals surface area contributed by atoms with Crippen LogP contribution in [-0.4, -0.2) is 4.57 Å². The second-order valence-electron chi connectivity index (χ2n) is 22.6. The van der Waals surface area contributed by atoms with E-state index < -0.39 is 10.8 Å². The molecule has 0 amide bonds. The fourth-order valence-electron chi connectivity index (χ4n) is 14.8. The number of hydrogen-bond acceptors (Lipinski definition) is 2. The van der Waals surface area contributed by atoms with Crippen molar-refractivity contribution in [3.8, 4) is 16.8 Å². The molecule has 0 saturated heterocycles. The molecule has 2 aliphatic heterocycles. The van der Waals surface area contributed by atoms with E-state index in [-0.39, 0.29) is 0 Å². The Hall–Kier alpha value is -10.2. The third-order valence-corrected chi connectivity index (χ3v) is 18.3. The summed E-state index contributed by atoms with van der Waals surface area (Å²) in [5.41, 5.74) is 22.8. The first kappa shape index (κ1) is 48.7. The Morgan fingerprint density at radius 2 is 0.819 bits per heavy atom. The molecule has 394 valence electrons. The van der Waals surface area contributed by atoms with Crippen molar-refractivity contribution in [3.63, 3.8) is 0 Å². The van der Waals surface area contributed by atoms with E-state index in [1.165, 1.54) is 88.7 Å². The van der Waals surface area contributed by atoms with Crippen LogP contribution in [0.5, 0.6) is 0 Å². The first-order chi connectivity index (χ1) is 41.2. The number of fused-ring (bicyclic) bond motifs is 1. The number of aromatic nitrogens is 1. The van der Waals surface area contributed by atoms with Crippen LogP contribution in [0.4, 0.5) is 34.1 Å². The highest BCUT2D eigenvalue weighted by atomic mass is 15.2. The van der Waals surface area contributed by atoms with Gasteiger partial charge >= 0.3 is 0 Å². The molecule has 0 radical (unpaired) electrons. The van der Waals surface area contributed by atoms with Crippen LogP contribution in [0.15, 0.2) is 321 Å². The van der Waals surface area contributed by atoms with E-state index in [4.69, 9.17) is 0 Å². The molecule has 4 aliphatic rings. The van der Waals surface area contributed by atoms with Crippen LogP contribution >= 0.6 is 0 Å². The molecule has 3 heterocycles. The van der Waals surface area contributed by atoms with Crippen LogP contribution in [0.25, 0.3) is 38.6 Å². The molecule has 3 heteroatoms. The Balaban J connectivity index is 1.09. The second-order valence-corrected chi connectivity index (χ2v) is 22.6. The highest BCUT2D eigenvalue weighted by Gasteiger charge is 2.53. The van der Waals surface area contributed by atoms with E-state index in [9.17, 15) is 0 Å². The normalized spacial score (nSPS) is 17.0. The third kappa shape index (κ3) is 7.51. The predicted molar refractivity (Wildman–Crippen MR) is 346 cm³/mol. The zero-order chi connectivity index (χ0) is 54.9. The Kier molecular flexibility index (Phi) is 11.6. The Labute approximate surface area is 486 Å². The standard InChI is InChI=1S/C80H59N3/c1-9-26-56(27-10-1)58-44-48-66(49-45-58)81(64-38-21-7-22-39-64)68-52-70-71-53-69(82(65-40-23-8-24-41-65)67-50-46-59(47-51-67)57-28-11-2-12-29-57)55-75-77(71)83-76(70)74(54-68)79(60-30-13-3-14-31-60,61-32-15-4-16-33-61)72-42-25-43-73(78(72)83)80(75,62-34-17-5-18-35-62)63-36-19-6-20-37-63/h1-19,21-26,28-36,38-56H,20,27,37H2. The summed E-state index contributed by atoms with van der Waals surface area (Å²) in [6.45, 7) is 0. The van der Waals surface area contributed by atoms with Crippen LogP contribution in [0.2, 0.25) is 0 Å². The minimum absolute atomic E-state index is 0.340. The molecule has 0 bridgehead atoms. The maximum atomic E-state index is 2.72. The average Bonchev–Trinajstić information content (AvgIpc) is 1.70. The number of benzene rings is 11. The fraction of sp³-hybridized carbons (Fsp3) is 0.0750. The first-order valence-electron chi connectivity index (χ1n) is 29.3. The van der Waals surface area contributed by atoms with Crippen molar-refractivity contribution in [2.24, 2.45) is 0 Å². The van der Waals surface area contributed by atoms with Crippen molar-refractivity contribution in [3.05, 3.63) is 366 Å². The largest absolute Gasteiger partial charge is 0.310 e. The molecule has 2 aliphatic carbocycles. The molecule has 12 aromatic rings. The van der Waals surface area contributed by atoms with E-state index in [1.54, 1.807) is 0 Å². The summed E-state index contributed by atoms with van der Waals surface area (Å²) in [5, 5.41) is 2.42. The Morgan fingerprint density at radius 1 is 0.361 bits per heavy atom. The average molecular weight is 1060 g/mol. The topological polar surface area (TPSA) is 11.4 Å². The van der Waals surface area contributed by atoms with Crippen molar-refractivity contribution in [2.75, 3.05) is 9.80 Å². The van der Waals surface area contributed by atoms with Gasteiger partial charge in [0.15, 0.2) is 0 Å². The molecule has 0 N–H and O–H groups in total. The SMILES string of the molecule is C1=CCCC(C2(c3ccccc3)c3cccc4c3-n3c5c2cc(N(c2ccccc2)c2ccc(-c6ccccc6)cc2)cc5c2cc(N(c5ccccc5)c5ccc(C6C=CC=CC6)cc5)cc(c23)C4(c2ccccc2)c2ccccc2)=C1. The minimum atomic E-state index is -0.764. The van der Waals surface area contributed by atoms with Crippen LogP contribution in [0.1, 0.15) is 69.7 Å². The number of anilines is 6. The Morgan fingerprint density at radius 3 is 1.33 bits per heavy atom. The van der Waals surface area contributed by atoms with Gasteiger partial charge < -0.3 is 14.4 Å². The number of rotatable bonds is 12. The lowest BCUT2D eigenvalue weighted by atomic mass is 9.57. The number of hydrogen-bond donors (Lipinski definition) is 0. The zero-order valence-electron chi connectivity index (χ0n) is 46.1. The first-order valence-corrected chi connectivity index (χ1v) is 29.3. The summed E-state index contributed by atoms with van der Waals surface area (Å²) >= 11 is 0. The third-order valence-electron chi connectivity index (χ3n) is 18.3. The van der Waals surface area contributed by atoms with Crippen LogP contribution in [0.3, 0.4) is 0 Å². The van der Waals surface area contributed by atoms with Gasteiger partial charge in [0.1, 0.15) is 0 Å². The number of nitrogens with zero attached hydrogens (tertiary/aromatic N) is 3. The molecule has 1 aromatic heterocycles. The van der Waals surface area contributed by atoms with Gasteiger partial charge in [0.2, 0.25) is 0 Å². The summed E-state index contributed by atoms with van der Waals surface area (Å²) in [5.74, 6) is 0.340. The summed E-state index contributed by atoms with van der Waals surface area (Å²) in [4.78, 5) is 4.98. The van der Waals surface area contributed by atoms with E-state index in [0.717, 1.165) is 53.4 Å². The Bertz CT molecular complexity index is 4500. The molecule has 11 aromatic carbocycles. The van der Waals surface area contributed by atoms with Crippen molar-refractivity contribution < 1.29 is 0 Å². The van der Waals surface area contributed by atoms with Crippen molar-refractivity contribution in [2.45, 2.75) is 36.0 Å². The van der Waals surface area contributed by atoms with Crippen molar-refractivity contribution >= 4 is 55.9 Å². The highest BCUT2D eigenvalue weighted by molar-refractivity contribution is 6.17. The molecule has 83 heavy (non-hydrogen) atoms. The monoisotopic (exact) mass is 1060 g/mol. The van der Waals surface area contributed by atoms with Gasteiger partial charge in [-0.2, -0.15) is 0 Å². The van der Waals surface area contributed by atoms with Gasteiger partial charge in [0.05, 0.1) is 27.6 Å². The minimum Gasteiger partial charge on any atom is -0.310 e. The molecule has 0 saturated carbocycles. The second kappa shape index (κ2) is 19.8. The lowest BCUT2D eigenvalue weighted by molar-refractivity contribution is 0.648. The van der Waals surface area contributed by atoms with E-state index in [2.05, 4.69) is 330 Å². The summed E-state index contributed by atoms with van der Waals surface area (Å²) in [6, 6.07) is 103. The zero-order valence-corrected chi connectivity index (χ0v) is 46.1. The van der Waals surface area contributed by atoms with Gasteiger partial charge in [-0.1, -0.05) is 248 Å². The summed E-state index contributed by atoms with van der Waals surface area (Å²) < 4.78 is 2.72. The van der Waals surface area contributed by atoms with Gasteiger partial charge in [-0.05, 0) is 148 Å². The van der Waals surface area contributed by atoms with Gasteiger partial charge in [-0.3, -0.25) is 0 Å². The molecule has 2 atom stereocenters. The summed E-state index contributed by atoms with van der Waals surface area (Å²) in [7, 11) is 0. The van der Waals surface area contributed by atoms with Crippen LogP contribution < -0.4 is 9.80 Å². The maximum Gasteiger partial charge on any atom is 0.0743 e. The summed E-state index contributed by atoms with van der Waals surface area (Å²) in [6.07, 6.45) is 18.9. The number of para-hydroxylation sites is 3. The molecule has 0 fully saturated rings. The molecular formula is C80H59N3. The van der Waals surface area contributed by atoms with Crippen LogP contribution in [-0.2, 0) is 10.8 Å². The lowest BCUT2D eigenvalue weighted by Gasteiger charge is -2.49. The van der Waals surface area contributed by atoms with E-state index >= 15 is 0 Å². The van der Waals surface area contributed by atoms with Crippen LogP contribution in [0, 0.1) is 0 Å². The van der Waals surface area contributed by atoms with Crippen molar-refractivity contribution in [1.29, 1.82) is 0 Å². The fourth-order valence-corrected chi connectivity index (χ4v) is 14.8. The maximum absolute atomic E-state index is 2.72. The van der Waals surface area contributed by atoms with Gasteiger partial charge in [0, 0.05) is 50.8 Å². The molecule has 3 nitrogen and oxygen atoms in total. The van der Waals surface area contributed by atoms with Gasteiger partial charge in [-0.15, -0.1) is 0 Å². The smallest absolute Gasteiger partial charge is 0.0743 e.